The Kier molecular flexibility index (Phi) is 10.4. The molecule has 0 bridgehead atoms. The molecule has 10 heteroatoms. The second-order valence-corrected chi connectivity index (χ2v) is 24.3. The summed E-state index contributed by atoms with van der Waals surface area (Å²) in [5, 5.41) is 24.6. The maximum Gasteiger partial charge on any atom is 0.310 e. The zero-order valence-electron chi connectivity index (χ0n) is 35.6. The van der Waals surface area contributed by atoms with E-state index in [9.17, 15) is 28.2 Å². The summed E-state index contributed by atoms with van der Waals surface area (Å²) in [7, 11) is -3.00. The first-order chi connectivity index (χ1) is 25.5. The minimum Gasteiger partial charge on any atom is -0.481 e. The van der Waals surface area contributed by atoms with Crippen molar-refractivity contribution in [1.82, 2.24) is 10.2 Å². The molecule has 1 saturated heterocycles. The van der Waals surface area contributed by atoms with E-state index in [1.807, 2.05) is 20.8 Å². The van der Waals surface area contributed by atoms with Crippen LogP contribution in [0.5, 0.6) is 0 Å². The number of allylic oxidation sites excluding steroid dienone is 1. The molecule has 0 spiro atoms. The highest BCUT2D eigenvalue weighted by molar-refractivity contribution is 7.91. The van der Waals surface area contributed by atoms with Crippen molar-refractivity contribution in [3.8, 4) is 0 Å². The number of carbonyl (C=O) groups excluding carboxylic acids is 1. The van der Waals surface area contributed by atoms with Gasteiger partial charge in [0.25, 0.3) is 0 Å². The fourth-order valence-corrected chi connectivity index (χ4v) is 16.8. The third-order valence-corrected chi connectivity index (χ3v) is 20.6. The second kappa shape index (κ2) is 13.8. The molecule has 0 radical (unpaired) electrons. The molecule has 6 aliphatic carbocycles. The Morgan fingerprint density at radius 3 is 2.16 bits per heavy atom. The maximum atomic E-state index is 13.6. The lowest BCUT2D eigenvalue weighted by Crippen LogP contribution is -2.69. The average Bonchev–Trinajstić information content (AvgIpc) is 3.40. The zero-order valence-corrected chi connectivity index (χ0v) is 36.4. The number of ether oxygens (including phenoxy) is 1. The molecule has 3 N–H and O–H groups in total. The second-order valence-electron chi connectivity index (χ2n) is 22.0. The zero-order chi connectivity index (χ0) is 40.3. The smallest absolute Gasteiger partial charge is 0.310 e. The fourth-order valence-electron chi connectivity index (χ4n) is 15.6. The molecule has 55 heavy (non-hydrogen) atoms. The van der Waals surface area contributed by atoms with Gasteiger partial charge >= 0.3 is 11.9 Å². The highest BCUT2D eigenvalue weighted by atomic mass is 32.2. The minimum absolute atomic E-state index is 0.0158. The first-order valence-corrected chi connectivity index (χ1v) is 23.7. The van der Waals surface area contributed by atoms with Crippen LogP contribution in [0.1, 0.15) is 133 Å². The number of hydrogen-bond acceptors (Lipinski definition) is 8. The van der Waals surface area contributed by atoms with Gasteiger partial charge in [0, 0.05) is 43.1 Å². The lowest BCUT2D eigenvalue weighted by atomic mass is 9.32. The van der Waals surface area contributed by atoms with Gasteiger partial charge < -0.3 is 20.3 Å². The molecular weight excluding hydrogens is 713 g/mol. The van der Waals surface area contributed by atoms with Crippen molar-refractivity contribution in [1.29, 1.82) is 0 Å². The molecule has 7 aliphatic rings. The summed E-state index contributed by atoms with van der Waals surface area (Å²) in [4.78, 5) is 27.4. The summed E-state index contributed by atoms with van der Waals surface area (Å²) in [5.74, 6) is 1.31. The van der Waals surface area contributed by atoms with Crippen molar-refractivity contribution in [2.45, 2.75) is 157 Å². The van der Waals surface area contributed by atoms with Gasteiger partial charge in [-0.15, -0.1) is 0 Å². The fraction of sp³-hybridized carbons (Fsp3) is 0.911. The van der Waals surface area contributed by atoms with E-state index in [0.29, 0.717) is 49.2 Å². The summed E-state index contributed by atoms with van der Waals surface area (Å²) in [6.45, 7) is 26.9. The molecule has 0 aromatic rings. The summed E-state index contributed by atoms with van der Waals surface area (Å²) < 4.78 is 30.9. The quantitative estimate of drug-likeness (QED) is 0.156. The normalized spacial score (nSPS) is 46.5. The summed E-state index contributed by atoms with van der Waals surface area (Å²) >= 11 is 0. The number of carboxylic acids is 1. The molecule has 0 aromatic carbocycles. The van der Waals surface area contributed by atoms with Crippen LogP contribution in [-0.4, -0.2) is 90.4 Å². The first kappa shape index (κ1) is 41.7. The van der Waals surface area contributed by atoms with Gasteiger partial charge in [0.1, 0.15) is 6.10 Å². The van der Waals surface area contributed by atoms with Crippen LogP contribution in [0.25, 0.3) is 0 Å². The Bertz CT molecular complexity index is 1640. The Morgan fingerprint density at radius 2 is 1.55 bits per heavy atom. The number of fused-ring (bicyclic) bond motifs is 7. The SMILES string of the molecule is C=C(C)[C@@H]1CC[C@]2(NCC(C(C)O)N3CCS(=O)(=O)CC3)CC[C@]3(C)[C@H](CC[C@@H]4[C@@]5(C)CC[C@H](OC(=O)[C@H]6[C@@H](CC(=O)O)C6(C)C)C(C)(C)[C@@H]5CC[C@]43C)[C@@H]12. The van der Waals surface area contributed by atoms with Crippen LogP contribution in [0.4, 0.5) is 0 Å². The van der Waals surface area contributed by atoms with Crippen LogP contribution < -0.4 is 5.32 Å². The van der Waals surface area contributed by atoms with E-state index in [4.69, 9.17) is 4.74 Å². The third-order valence-electron chi connectivity index (χ3n) is 19.0. The maximum absolute atomic E-state index is 13.6. The summed E-state index contributed by atoms with van der Waals surface area (Å²) in [6.07, 6.45) is 10.5. The largest absolute Gasteiger partial charge is 0.481 e. The number of hydrogen-bond donors (Lipinski definition) is 3. The van der Waals surface area contributed by atoms with Crippen molar-refractivity contribution in [2.24, 2.45) is 68.5 Å². The average molecular weight is 787 g/mol. The van der Waals surface area contributed by atoms with Gasteiger partial charge in [-0.1, -0.05) is 60.6 Å². The molecule has 312 valence electrons. The topological polar surface area (TPSA) is 133 Å². The predicted octanol–water partition coefficient (Wildman–Crippen LogP) is 7.12. The summed E-state index contributed by atoms with van der Waals surface area (Å²) in [5.41, 5.74) is 1.26. The minimum atomic E-state index is -3.00. The molecule has 0 aromatic heterocycles. The van der Waals surface area contributed by atoms with Gasteiger partial charge in [0.15, 0.2) is 9.84 Å². The molecule has 0 amide bonds. The molecule has 1 aliphatic heterocycles. The highest BCUT2D eigenvalue weighted by Crippen LogP contribution is 2.76. The summed E-state index contributed by atoms with van der Waals surface area (Å²) in [6, 6.07) is -0.120. The number of aliphatic carboxylic acids is 1. The molecule has 2 unspecified atom stereocenters. The first-order valence-electron chi connectivity index (χ1n) is 21.9. The van der Waals surface area contributed by atoms with E-state index in [-0.39, 0.29) is 80.5 Å². The van der Waals surface area contributed by atoms with Crippen LogP contribution in [0.2, 0.25) is 0 Å². The molecule has 6 saturated carbocycles. The number of esters is 1. The number of aliphatic hydroxyl groups excluding tert-OH is 1. The number of aliphatic hydroxyl groups is 1. The van der Waals surface area contributed by atoms with E-state index in [1.165, 1.54) is 31.3 Å². The number of sulfone groups is 1. The van der Waals surface area contributed by atoms with Gasteiger partial charge in [0.2, 0.25) is 0 Å². The Labute approximate surface area is 332 Å². The Balaban J connectivity index is 1.10. The highest BCUT2D eigenvalue weighted by Gasteiger charge is 2.71. The van der Waals surface area contributed by atoms with Gasteiger partial charge in [0.05, 0.1) is 23.5 Å². The van der Waals surface area contributed by atoms with Gasteiger partial charge in [-0.3, -0.25) is 14.5 Å². The van der Waals surface area contributed by atoms with Gasteiger partial charge in [-0.2, -0.15) is 0 Å². The number of carbonyl (C=O) groups is 2. The Hall–Kier alpha value is -1.49. The molecule has 9 nitrogen and oxygen atoms in total. The third kappa shape index (κ3) is 6.50. The van der Waals surface area contributed by atoms with E-state index >= 15 is 0 Å². The number of nitrogens with zero attached hydrogens (tertiary/aromatic N) is 1. The van der Waals surface area contributed by atoms with Crippen LogP contribution in [0, 0.1) is 68.5 Å². The lowest BCUT2D eigenvalue weighted by molar-refractivity contribution is -0.246. The van der Waals surface area contributed by atoms with E-state index in [0.717, 1.165) is 38.5 Å². The van der Waals surface area contributed by atoms with E-state index in [1.54, 1.807) is 0 Å². The Morgan fingerprint density at radius 1 is 0.873 bits per heavy atom. The molecule has 14 atom stereocenters. The number of rotatable bonds is 10. The molecule has 7 rings (SSSR count). The van der Waals surface area contributed by atoms with Gasteiger partial charge in [-0.25, -0.2) is 8.42 Å². The van der Waals surface area contributed by atoms with Crippen molar-refractivity contribution < 1.29 is 33.0 Å². The number of carboxylic acid groups (broad SMARTS) is 1. The van der Waals surface area contributed by atoms with Gasteiger partial charge in [-0.05, 0) is 135 Å². The molecular formula is C45H74N2O7S. The number of nitrogens with one attached hydrogen (secondary N) is 1. The van der Waals surface area contributed by atoms with E-state index in [2.05, 4.69) is 58.3 Å². The predicted molar refractivity (Wildman–Crippen MR) is 216 cm³/mol. The van der Waals surface area contributed by atoms with Crippen molar-refractivity contribution >= 4 is 21.8 Å². The van der Waals surface area contributed by atoms with E-state index < -0.39 is 21.9 Å². The standard InChI is InChI=1S/C45H74N2O7S/c1-27(2)29-13-18-45(46-26-32(28(3)48)47-21-23-55(52,53)24-22-47)20-19-43(9)30(37(29)45)11-12-34-42(8)16-15-35(41(6,7)33(42)14-17-44(34,43)10)54-39(51)38-31(25-36(49)50)40(38,4)5/h28-35,37-38,46,48H,1,11-26H2,2-10H3,(H,49,50)/t28?,29-,30+,31+,32?,33-,34+,35-,37+,38+,42-,43+,44+,45-/m0/s1. The van der Waals surface area contributed by atoms with Crippen LogP contribution in [0.15, 0.2) is 12.2 Å². The van der Waals surface area contributed by atoms with Crippen molar-refractivity contribution in [2.75, 3.05) is 31.1 Å². The van der Waals surface area contributed by atoms with Crippen molar-refractivity contribution in [3.63, 3.8) is 0 Å². The monoisotopic (exact) mass is 787 g/mol. The molecule has 7 fully saturated rings. The molecule has 1 heterocycles. The van der Waals surface area contributed by atoms with Crippen LogP contribution in [0.3, 0.4) is 0 Å². The van der Waals surface area contributed by atoms with Crippen LogP contribution in [-0.2, 0) is 24.2 Å². The van der Waals surface area contributed by atoms with Crippen LogP contribution >= 0.6 is 0 Å². The lowest BCUT2D eigenvalue weighted by Gasteiger charge is -2.73. The van der Waals surface area contributed by atoms with Crippen molar-refractivity contribution in [3.05, 3.63) is 12.2 Å².